The summed E-state index contributed by atoms with van der Waals surface area (Å²) >= 11 is 0. The Morgan fingerprint density at radius 1 is 1.50 bits per heavy atom. The van der Waals surface area contributed by atoms with Crippen LogP contribution in [0.5, 0.6) is 0 Å². The van der Waals surface area contributed by atoms with Crippen LogP contribution in [0.4, 0.5) is 0 Å². The predicted molar refractivity (Wildman–Crippen MR) is 52.4 cm³/mol. The minimum absolute atomic E-state index is 0.203. The highest BCUT2D eigenvalue weighted by molar-refractivity contribution is 5.14. The monoisotopic (exact) mass is 193 g/mol. The summed E-state index contributed by atoms with van der Waals surface area (Å²) in [5.74, 6) is 0. The van der Waals surface area contributed by atoms with E-state index in [1.54, 1.807) is 12.3 Å². The number of aliphatic hydroxyl groups is 1. The van der Waals surface area contributed by atoms with Crippen LogP contribution in [0.1, 0.15) is 31.4 Å². The van der Waals surface area contributed by atoms with Crippen LogP contribution in [0.3, 0.4) is 0 Å². The number of nitrogens with zero attached hydrogens (tertiary/aromatic N) is 2. The summed E-state index contributed by atoms with van der Waals surface area (Å²) < 4.78 is 0. The topological polar surface area (TPSA) is 72.0 Å². The molecule has 0 bridgehead atoms. The molecule has 1 aromatic heterocycles. The number of rotatable bonds is 1. The van der Waals surface area contributed by atoms with Gasteiger partial charge in [0.1, 0.15) is 11.9 Å². The standard InChI is InChI=1S/C10H15N3O/c11-8-3-1-2-5-10(8,14)9-4-6-12-7-13-9/h4,6-8,14H,1-3,5,11H2. The van der Waals surface area contributed by atoms with Crippen molar-refractivity contribution in [1.29, 1.82) is 0 Å². The van der Waals surface area contributed by atoms with Gasteiger partial charge in [-0.3, -0.25) is 0 Å². The molecule has 2 rings (SSSR count). The van der Waals surface area contributed by atoms with Crippen LogP contribution >= 0.6 is 0 Å². The van der Waals surface area contributed by atoms with Crippen LogP contribution in [0.15, 0.2) is 18.6 Å². The Bertz CT molecular complexity index is 303. The van der Waals surface area contributed by atoms with E-state index in [1.807, 2.05) is 0 Å². The summed E-state index contributed by atoms with van der Waals surface area (Å²) in [6.45, 7) is 0. The number of nitrogens with two attached hydrogens (primary N) is 1. The zero-order chi connectivity index (χ0) is 10.0. The summed E-state index contributed by atoms with van der Waals surface area (Å²) in [6, 6.07) is 1.54. The number of hydrogen-bond donors (Lipinski definition) is 2. The molecule has 3 N–H and O–H groups in total. The fourth-order valence-corrected chi connectivity index (χ4v) is 2.05. The van der Waals surface area contributed by atoms with Crippen molar-refractivity contribution in [3.63, 3.8) is 0 Å². The third-order valence-electron chi connectivity index (χ3n) is 2.96. The second kappa shape index (κ2) is 3.63. The van der Waals surface area contributed by atoms with Gasteiger partial charge in [-0.1, -0.05) is 12.8 Å². The fourth-order valence-electron chi connectivity index (χ4n) is 2.05. The maximum absolute atomic E-state index is 10.4. The Morgan fingerprint density at radius 2 is 2.36 bits per heavy atom. The van der Waals surface area contributed by atoms with Gasteiger partial charge in [-0.25, -0.2) is 9.97 Å². The van der Waals surface area contributed by atoms with Gasteiger partial charge in [0.2, 0.25) is 0 Å². The molecule has 1 aliphatic carbocycles. The lowest BCUT2D eigenvalue weighted by Gasteiger charge is -2.37. The van der Waals surface area contributed by atoms with Gasteiger partial charge in [0.15, 0.2) is 0 Å². The van der Waals surface area contributed by atoms with E-state index in [-0.39, 0.29) is 6.04 Å². The van der Waals surface area contributed by atoms with Crippen molar-refractivity contribution in [3.05, 3.63) is 24.3 Å². The predicted octanol–water partition coefficient (Wildman–Crippen LogP) is 0.565. The molecule has 0 spiro atoms. The molecule has 0 aliphatic heterocycles. The lowest BCUT2D eigenvalue weighted by molar-refractivity contribution is -0.0232. The molecule has 1 aromatic rings. The summed E-state index contributed by atoms with van der Waals surface area (Å²) in [6.07, 6.45) is 6.75. The molecule has 0 amide bonds. The largest absolute Gasteiger partial charge is 0.382 e. The molecule has 1 fully saturated rings. The van der Waals surface area contributed by atoms with Crippen molar-refractivity contribution in [3.8, 4) is 0 Å². The van der Waals surface area contributed by atoms with Crippen LogP contribution < -0.4 is 5.73 Å². The molecule has 14 heavy (non-hydrogen) atoms. The first-order chi connectivity index (χ1) is 6.73. The Morgan fingerprint density at radius 3 is 3.00 bits per heavy atom. The summed E-state index contributed by atoms with van der Waals surface area (Å²) in [5.41, 5.74) is 5.64. The molecular weight excluding hydrogens is 178 g/mol. The first-order valence-electron chi connectivity index (χ1n) is 4.98. The second-order valence-electron chi connectivity index (χ2n) is 3.87. The zero-order valence-electron chi connectivity index (χ0n) is 8.06. The van der Waals surface area contributed by atoms with Gasteiger partial charge < -0.3 is 10.8 Å². The maximum atomic E-state index is 10.4. The summed E-state index contributed by atoms with van der Waals surface area (Å²) in [5, 5.41) is 10.4. The van der Waals surface area contributed by atoms with Gasteiger partial charge >= 0.3 is 0 Å². The molecule has 1 heterocycles. The van der Waals surface area contributed by atoms with E-state index in [0.717, 1.165) is 19.3 Å². The van der Waals surface area contributed by atoms with E-state index in [0.29, 0.717) is 12.1 Å². The molecule has 0 aromatic carbocycles. The van der Waals surface area contributed by atoms with Crippen LogP contribution in [0.25, 0.3) is 0 Å². The fraction of sp³-hybridized carbons (Fsp3) is 0.600. The average Bonchev–Trinajstić information content (AvgIpc) is 2.24. The van der Waals surface area contributed by atoms with Gasteiger partial charge in [0.05, 0.1) is 5.69 Å². The normalized spacial score (nSPS) is 32.9. The third kappa shape index (κ3) is 1.51. The van der Waals surface area contributed by atoms with Gasteiger partial charge in [0.25, 0.3) is 0 Å². The highest BCUT2D eigenvalue weighted by Gasteiger charge is 2.39. The first-order valence-corrected chi connectivity index (χ1v) is 4.98. The SMILES string of the molecule is NC1CCCCC1(O)c1ccncn1. The summed E-state index contributed by atoms with van der Waals surface area (Å²) in [7, 11) is 0. The Kier molecular flexibility index (Phi) is 2.48. The highest BCUT2D eigenvalue weighted by Crippen LogP contribution is 2.34. The molecule has 0 radical (unpaired) electrons. The summed E-state index contributed by atoms with van der Waals surface area (Å²) in [4.78, 5) is 7.92. The van der Waals surface area contributed by atoms with Crippen molar-refractivity contribution < 1.29 is 5.11 Å². The first kappa shape index (κ1) is 9.55. The van der Waals surface area contributed by atoms with E-state index in [1.165, 1.54) is 6.33 Å². The molecule has 1 saturated carbocycles. The van der Waals surface area contributed by atoms with Crippen LogP contribution in [0.2, 0.25) is 0 Å². The maximum Gasteiger partial charge on any atom is 0.122 e. The van der Waals surface area contributed by atoms with Gasteiger partial charge in [0, 0.05) is 12.2 Å². The number of aromatic nitrogens is 2. The van der Waals surface area contributed by atoms with E-state index >= 15 is 0 Å². The van der Waals surface area contributed by atoms with E-state index < -0.39 is 5.60 Å². The molecule has 76 valence electrons. The van der Waals surface area contributed by atoms with Crippen molar-refractivity contribution in [1.82, 2.24) is 9.97 Å². The van der Waals surface area contributed by atoms with Crippen LogP contribution in [0, 0.1) is 0 Å². The third-order valence-corrected chi connectivity index (χ3v) is 2.96. The lowest BCUT2D eigenvalue weighted by atomic mass is 9.78. The van der Waals surface area contributed by atoms with Gasteiger partial charge in [-0.05, 0) is 18.9 Å². The molecule has 4 heteroatoms. The minimum Gasteiger partial charge on any atom is -0.382 e. The van der Waals surface area contributed by atoms with Crippen molar-refractivity contribution in [2.24, 2.45) is 5.73 Å². The quantitative estimate of drug-likeness (QED) is 0.683. The van der Waals surface area contributed by atoms with Crippen LogP contribution in [-0.2, 0) is 5.60 Å². The van der Waals surface area contributed by atoms with E-state index in [4.69, 9.17) is 5.73 Å². The Hall–Kier alpha value is -1.00. The molecule has 2 atom stereocenters. The van der Waals surface area contributed by atoms with Crippen molar-refractivity contribution in [2.75, 3.05) is 0 Å². The second-order valence-corrected chi connectivity index (χ2v) is 3.87. The highest BCUT2D eigenvalue weighted by atomic mass is 16.3. The van der Waals surface area contributed by atoms with Crippen molar-refractivity contribution >= 4 is 0 Å². The van der Waals surface area contributed by atoms with E-state index in [9.17, 15) is 5.11 Å². The van der Waals surface area contributed by atoms with Gasteiger partial charge in [-0.2, -0.15) is 0 Å². The Labute approximate surface area is 83.2 Å². The lowest BCUT2D eigenvalue weighted by Crippen LogP contribution is -2.48. The van der Waals surface area contributed by atoms with E-state index in [2.05, 4.69) is 9.97 Å². The molecular formula is C10H15N3O. The Balaban J connectivity index is 2.30. The molecule has 1 aliphatic rings. The smallest absolute Gasteiger partial charge is 0.122 e. The number of hydrogen-bond acceptors (Lipinski definition) is 4. The van der Waals surface area contributed by atoms with Crippen LogP contribution in [-0.4, -0.2) is 21.1 Å². The average molecular weight is 193 g/mol. The molecule has 0 saturated heterocycles. The minimum atomic E-state index is -0.943. The zero-order valence-corrected chi connectivity index (χ0v) is 8.06. The van der Waals surface area contributed by atoms with Gasteiger partial charge in [-0.15, -0.1) is 0 Å². The molecule has 4 nitrogen and oxygen atoms in total. The molecule has 2 unspecified atom stereocenters. The van der Waals surface area contributed by atoms with Crippen molar-refractivity contribution in [2.45, 2.75) is 37.3 Å².